The van der Waals surface area contributed by atoms with Crippen LogP contribution in [-0.4, -0.2) is 24.9 Å². The standard InChI is InChI=1S/C10H16N2O3S/c1-7(11)9-6-15-10(12-9)8-2-4-16(13,14)5-3-8/h6-8H,2-5,11H2,1H3. The van der Waals surface area contributed by atoms with Gasteiger partial charge in [-0.15, -0.1) is 0 Å². The maximum absolute atomic E-state index is 11.3. The summed E-state index contributed by atoms with van der Waals surface area (Å²) in [5, 5.41) is 0. The van der Waals surface area contributed by atoms with E-state index >= 15 is 0 Å². The van der Waals surface area contributed by atoms with E-state index in [1.54, 1.807) is 6.26 Å². The molecule has 1 aliphatic rings. The third kappa shape index (κ3) is 2.44. The molecule has 0 aliphatic carbocycles. The number of sulfone groups is 1. The van der Waals surface area contributed by atoms with Crippen LogP contribution in [-0.2, 0) is 9.84 Å². The van der Waals surface area contributed by atoms with Gasteiger partial charge >= 0.3 is 0 Å². The molecule has 6 heteroatoms. The molecule has 0 aromatic carbocycles. The predicted molar refractivity (Wildman–Crippen MR) is 59.7 cm³/mol. The highest BCUT2D eigenvalue weighted by molar-refractivity contribution is 7.91. The normalized spacial score (nSPS) is 23.1. The average Bonchev–Trinajstić information content (AvgIpc) is 2.66. The fourth-order valence-corrected chi connectivity index (χ4v) is 3.33. The van der Waals surface area contributed by atoms with Gasteiger partial charge in [-0.3, -0.25) is 0 Å². The van der Waals surface area contributed by atoms with Crippen molar-refractivity contribution in [2.45, 2.75) is 31.7 Å². The summed E-state index contributed by atoms with van der Waals surface area (Å²) in [5.74, 6) is 1.21. The maximum atomic E-state index is 11.3. The van der Waals surface area contributed by atoms with Crippen LogP contribution in [0, 0.1) is 0 Å². The Labute approximate surface area is 95.0 Å². The highest BCUT2D eigenvalue weighted by atomic mass is 32.2. The van der Waals surface area contributed by atoms with Gasteiger partial charge < -0.3 is 10.2 Å². The maximum Gasteiger partial charge on any atom is 0.197 e. The molecule has 0 spiro atoms. The van der Waals surface area contributed by atoms with E-state index in [1.807, 2.05) is 6.92 Å². The third-order valence-electron chi connectivity index (χ3n) is 2.91. The first-order valence-corrected chi connectivity index (χ1v) is 7.21. The van der Waals surface area contributed by atoms with Crippen LogP contribution in [0.4, 0.5) is 0 Å². The highest BCUT2D eigenvalue weighted by Crippen LogP contribution is 2.29. The van der Waals surface area contributed by atoms with Crippen LogP contribution in [0.5, 0.6) is 0 Å². The zero-order valence-corrected chi connectivity index (χ0v) is 10.0. The molecule has 1 unspecified atom stereocenters. The van der Waals surface area contributed by atoms with Crippen molar-refractivity contribution in [1.82, 2.24) is 4.98 Å². The first-order chi connectivity index (χ1) is 7.48. The van der Waals surface area contributed by atoms with E-state index < -0.39 is 9.84 Å². The number of oxazole rings is 1. The van der Waals surface area contributed by atoms with Gasteiger partial charge in [-0.1, -0.05) is 0 Å². The van der Waals surface area contributed by atoms with E-state index in [9.17, 15) is 8.42 Å². The molecule has 0 bridgehead atoms. The number of aromatic nitrogens is 1. The molecular formula is C10H16N2O3S. The van der Waals surface area contributed by atoms with E-state index in [0.717, 1.165) is 5.69 Å². The molecule has 2 N–H and O–H groups in total. The van der Waals surface area contributed by atoms with Gasteiger partial charge in [-0.2, -0.15) is 0 Å². The number of rotatable bonds is 2. The first-order valence-electron chi connectivity index (χ1n) is 5.39. The average molecular weight is 244 g/mol. The Balaban J connectivity index is 2.08. The molecule has 1 fully saturated rings. The van der Waals surface area contributed by atoms with Crippen molar-refractivity contribution in [3.05, 3.63) is 17.8 Å². The van der Waals surface area contributed by atoms with Crippen molar-refractivity contribution in [2.75, 3.05) is 11.5 Å². The Bertz CT molecular complexity index is 450. The summed E-state index contributed by atoms with van der Waals surface area (Å²) in [7, 11) is -2.83. The Morgan fingerprint density at radius 2 is 2.12 bits per heavy atom. The summed E-state index contributed by atoms with van der Waals surface area (Å²) >= 11 is 0. The summed E-state index contributed by atoms with van der Waals surface area (Å²) in [4.78, 5) is 4.29. The summed E-state index contributed by atoms with van der Waals surface area (Å²) in [6.07, 6.45) is 2.76. The van der Waals surface area contributed by atoms with Crippen LogP contribution in [0.25, 0.3) is 0 Å². The summed E-state index contributed by atoms with van der Waals surface area (Å²) < 4.78 is 27.9. The second-order valence-corrected chi connectivity index (χ2v) is 6.63. The highest BCUT2D eigenvalue weighted by Gasteiger charge is 2.27. The Morgan fingerprint density at radius 1 is 1.50 bits per heavy atom. The molecule has 2 rings (SSSR count). The fraction of sp³-hybridized carbons (Fsp3) is 0.700. The number of nitrogens with two attached hydrogens (primary N) is 1. The second kappa shape index (κ2) is 4.18. The van der Waals surface area contributed by atoms with Gasteiger partial charge in [0.1, 0.15) is 16.1 Å². The van der Waals surface area contributed by atoms with E-state index in [0.29, 0.717) is 18.7 Å². The van der Waals surface area contributed by atoms with Crippen LogP contribution in [0.2, 0.25) is 0 Å². The van der Waals surface area contributed by atoms with Crippen LogP contribution >= 0.6 is 0 Å². The van der Waals surface area contributed by atoms with Crippen LogP contribution in [0.15, 0.2) is 10.7 Å². The molecule has 1 saturated heterocycles. The Hall–Kier alpha value is -0.880. The zero-order chi connectivity index (χ0) is 11.8. The summed E-state index contributed by atoms with van der Waals surface area (Å²) in [6.45, 7) is 1.84. The molecule has 90 valence electrons. The van der Waals surface area contributed by atoms with Gasteiger partial charge in [0.25, 0.3) is 0 Å². The lowest BCUT2D eigenvalue weighted by atomic mass is 10.0. The molecule has 5 nitrogen and oxygen atoms in total. The van der Waals surface area contributed by atoms with Gasteiger partial charge in [0.15, 0.2) is 5.89 Å². The molecule has 1 aromatic rings. The van der Waals surface area contributed by atoms with Crippen molar-refractivity contribution >= 4 is 9.84 Å². The number of nitrogens with zero attached hydrogens (tertiary/aromatic N) is 1. The molecule has 0 amide bonds. The molecule has 16 heavy (non-hydrogen) atoms. The monoisotopic (exact) mass is 244 g/mol. The Morgan fingerprint density at radius 3 is 2.62 bits per heavy atom. The quantitative estimate of drug-likeness (QED) is 0.838. The minimum atomic E-state index is -2.83. The SMILES string of the molecule is CC(N)c1coc(C2CCS(=O)(=O)CC2)n1. The lowest BCUT2D eigenvalue weighted by Gasteiger charge is -2.18. The van der Waals surface area contributed by atoms with Gasteiger partial charge in [-0.25, -0.2) is 13.4 Å². The number of hydrogen-bond acceptors (Lipinski definition) is 5. The smallest absolute Gasteiger partial charge is 0.197 e. The predicted octanol–water partition coefficient (Wildman–Crippen LogP) is 0.987. The minimum absolute atomic E-state index is 0.121. The molecule has 1 aliphatic heterocycles. The third-order valence-corrected chi connectivity index (χ3v) is 4.63. The van der Waals surface area contributed by atoms with Crippen LogP contribution in [0.3, 0.4) is 0 Å². The van der Waals surface area contributed by atoms with E-state index in [1.165, 1.54) is 0 Å². The molecule has 0 saturated carbocycles. The van der Waals surface area contributed by atoms with Crippen molar-refractivity contribution in [1.29, 1.82) is 0 Å². The van der Waals surface area contributed by atoms with Crippen molar-refractivity contribution in [2.24, 2.45) is 5.73 Å². The van der Waals surface area contributed by atoms with Gasteiger partial charge in [0.2, 0.25) is 0 Å². The summed E-state index contributed by atoms with van der Waals surface area (Å²) in [5.41, 5.74) is 6.41. The first kappa shape index (κ1) is 11.6. The molecule has 0 radical (unpaired) electrons. The van der Waals surface area contributed by atoms with Gasteiger partial charge in [-0.05, 0) is 19.8 Å². The van der Waals surface area contributed by atoms with E-state index in [-0.39, 0.29) is 23.5 Å². The molecule has 1 aromatic heterocycles. The Kier molecular flexibility index (Phi) is 3.03. The lowest BCUT2D eigenvalue weighted by molar-refractivity contribution is 0.423. The lowest BCUT2D eigenvalue weighted by Crippen LogP contribution is -2.22. The fourth-order valence-electron chi connectivity index (χ4n) is 1.83. The van der Waals surface area contributed by atoms with E-state index in [2.05, 4.69) is 4.98 Å². The van der Waals surface area contributed by atoms with Crippen LogP contribution in [0.1, 0.15) is 43.3 Å². The largest absolute Gasteiger partial charge is 0.448 e. The molecular weight excluding hydrogens is 228 g/mol. The minimum Gasteiger partial charge on any atom is -0.448 e. The summed E-state index contributed by atoms with van der Waals surface area (Å²) in [6, 6.07) is -0.148. The van der Waals surface area contributed by atoms with Crippen molar-refractivity contribution in [3.63, 3.8) is 0 Å². The van der Waals surface area contributed by atoms with E-state index in [4.69, 9.17) is 10.2 Å². The van der Waals surface area contributed by atoms with Crippen molar-refractivity contribution < 1.29 is 12.8 Å². The van der Waals surface area contributed by atoms with Gasteiger partial charge in [0, 0.05) is 12.0 Å². The topological polar surface area (TPSA) is 86.2 Å². The van der Waals surface area contributed by atoms with Crippen LogP contribution < -0.4 is 5.73 Å². The second-order valence-electron chi connectivity index (χ2n) is 4.33. The number of hydrogen-bond donors (Lipinski definition) is 1. The molecule has 2 heterocycles. The zero-order valence-electron chi connectivity index (χ0n) is 9.22. The van der Waals surface area contributed by atoms with Gasteiger partial charge in [0.05, 0.1) is 17.2 Å². The molecule has 1 atom stereocenters. The van der Waals surface area contributed by atoms with Crippen molar-refractivity contribution in [3.8, 4) is 0 Å².